The predicted octanol–water partition coefficient (Wildman–Crippen LogP) is 1.42. The van der Waals surface area contributed by atoms with Gasteiger partial charge in [0.1, 0.15) is 17.7 Å². The van der Waals surface area contributed by atoms with E-state index in [9.17, 15) is 9.59 Å². The maximum Gasteiger partial charge on any atom is 0.329 e. The van der Waals surface area contributed by atoms with Gasteiger partial charge in [0.25, 0.3) is 0 Å². The fourth-order valence-corrected chi connectivity index (χ4v) is 2.76. The van der Waals surface area contributed by atoms with Crippen molar-refractivity contribution in [3.8, 4) is 0 Å². The van der Waals surface area contributed by atoms with Gasteiger partial charge >= 0.3 is 5.97 Å². The maximum atomic E-state index is 11.8. The summed E-state index contributed by atoms with van der Waals surface area (Å²) >= 11 is 1.53. The van der Waals surface area contributed by atoms with Gasteiger partial charge in [-0.3, -0.25) is 4.79 Å². The Balaban J connectivity index is 1.90. The number of aromatic nitrogens is 1. The van der Waals surface area contributed by atoms with E-state index in [1.54, 1.807) is 7.05 Å². The van der Waals surface area contributed by atoms with Crippen molar-refractivity contribution in [2.24, 2.45) is 0 Å². The number of ether oxygens (including phenoxy) is 1. The van der Waals surface area contributed by atoms with Gasteiger partial charge < -0.3 is 9.64 Å². The molecule has 2 heterocycles. The summed E-state index contributed by atoms with van der Waals surface area (Å²) in [5.74, 6) is -0.341. The van der Waals surface area contributed by atoms with E-state index in [0.29, 0.717) is 12.8 Å². The number of thiazole rings is 1. The highest BCUT2D eigenvalue weighted by Crippen LogP contribution is 2.20. The molecule has 0 N–H and O–H groups in total. The largest absolute Gasteiger partial charge is 0.457 e. The highest BCUT2D eigenvalue weighted by atomic mass is 32.1. The van der Waals surface area contributed by atoms with E-state index < -0.39 is 6.04 Å². The number of amides is 1. The van der Waals surface area contributed by atoms with Crippen LogP contribution in [-0.2, 0) is 20.9 Å². The van der Waals surface area contributed by atoms with Crippen LogP contribution in [-0.4, -0.2) is 34.8 Å². The van der Waals surface area contributed by atoms with Gasteiger partial charge in [-0.15, -0.1) is 11.3 Å². The summed E-state index contributed by atoms with van der Waals surface area (Å²) in [6.45, 7) is 4.11. The third-order valence-corrected chi connectivity index (χ3v) is 4.22. The van der Waals surface area contributed by atoms with E-state index in [4.69, 9.17) is 4.74 Å². The topological polar surface area (TPSA) is 59.5 Å². The molecule has 1 aromatic heterocycles. The Bertz CT molecular complexity index is 464. The number of hydrogen-bond acceptors (Lipinski definition) is 5. The summed E-state index contributed by atoms with van der Waals surface area (Å²) in [4.78, 5) is 30.0. The predicted molar refractivity (Wildman–Crippen MR) is 67.2 cm³/mol. The molecule has 0 aromatic carbocycles. The van der Waals surface area contributed by atoms with Crippen molar-refractivity contribution in [1.82, 2.24) is 9.88 Å². The van der Waals surface area contributed by atoms with Crippen molar-refractivity contribution in [3.05, 3.63) is 15.6 Å². The molecule has 6 heteroatoms. The van der Waals surface area contributed by atoms with Gasteiger partial charge in [0.2, 0.25) is 5.91 Å². The van der Waals surface area contributed by atoms with Crippen LogP contribution in [0.2, 0.25) is 0 Å². The maximum absolute atomic E-state index is 11.8. The van der Waals surface area contributed by atoms with Crippen molar-refractivity contribution in [3.63, 3.8) is 0 Å². The van der Waals surface area contributed by atoms with Crippen LogP contribution in [0, 0.1) is 13.8 Å². The van der Waals surface area contributed by atoms with Gasteiger partial charge in [0.05, 0.1) is 5.69 Å². The van der Waals surface area contributed by atoms with E-state index in [1.165, 1.54) is 16.2 Å². The molecule has 5 nitrogen and oxygen atoms in total. The molecule has 0 unspecified atom stereocenters. The minimum atomic E-state index is -0.431. The van der Waals surface area contributed by atoms with Gasteiger partial charge in [-0.25, -0.2) is 9.78 Å². The minimum Gasteiger partial charge on any atom is -0.457 e. The molecule has 0 spiro atoms. The van der Waals surface area contributed by atoms with Gasteiger partial charge in [0.15, 0.2) is 0 Å². The molecule has 1 saturated heterocycles. The van der Waals surface area contributed by atoms with Crippen molar-refractivity contribution < 1.29 is 14.3 Å². The molecule has 1 aliphatic rings. The molecule has 2 rings (SSSR count). The van der Waals surface area contributed by atoms with Crippen LogP contribution in [0.25, 0.3) is 0 Å². The Labute approximate surface area is 110 Å². The average molecular weight is 268 g/mol. The van der Waals surface area contributed by atoms with Crippen LogP contribution in [0.1, 0.15) is 28.4 Å². The molecule has 98 valence electrons. The van der Waals surface area contributed by atoms with E-state index >= 15 is 0 Å². The second-order valence-electron chi connectivity index (χ2n) is 4.42. The quantitative estimate of drug-likeness (QED) is 0.778. The highest BCUT2D eigenvalue weighted by Gasteiger charge is 2.34. The lowest BCUT2D eigenvalue weighted by Crippen LogP contribution is -2.36. The summed E-state index contributed by atoms with van der Waals surface area (Å²) in [7, 11) is 1.64. The Morgan fingerprint density at radius 1 is 1.56 bits per heavy atom. The first kappa shape index (κ1) is 13.0. The van der Waals surface area contributed by atoms with Gasteiger partial charge in [0, 0.05) is 18.3 Å². The number of rotatable bonds is 3. The highest BCUT2D eigenvalue weighted by molar-refractivity contribution is 7.11. The van der Waals surface area contributed by atoms with Crippen LogP contribution in [0.3, 0.4) is 0 Å². The Hall–Kier alpha value is -1.43. The van der Waals surface area contributed by atoms with Gasteiger partial charge in [-0.1, -0.05) is 0 Å². The molecular weight excluding hydrogens is 252 g/mol. The number of aryl methyl sites for hydroxylation is 2. The third kappa shape index (κ3) is 2.53. The fourth-order valence-electron chi connectivity index (χ4n) is 1.91. The molecule has 0 aliphatic carbocycles. The van der Waals surface area contributed by atoms with E-state index in [-0.39, 0.29) is 18.5 Å². The van der Waals surface area contributed by atoms with Crippen molar-refractivity contribution in [2.45, 2.75) is 39.3 Å². The summed E-state index contributed by atoms with van der Waals surface area (Å²) in [5.41, 5.74) is 0.971. The monoisotopic (exact) mass is 268 g/mol. The summed E-state index contributed by atoms with van der Waals surface area (Å²) in [5, 5.41) is 0.797. The Kier molecular flexibility index (Phi) is 3.65. The van der Waals surface area contributed by atoms with Gasteiger partial charge in [-0.05, 0) is 20.3 Å². The molecule has 1 fully saturated rings. The molecule has 0 radical (unpaired) electrons. The molecular formula is C12H16N2O3S. The number of carbonyl (C=O) groups excluding carboxylic acids is 2. The second kappa shape index (κ2) is 5.06. The molecule has 0 bridgehead atoms. The number of likely N-dealkylation sites (N-methyl/N-ethyl adjacent to an activating group) is 1. The van der Waals surface area contributed by atoms with Crippen molar-refractivity contribution in [2.75, 3.05) is 7.05 Å². The third-order valence-electron chi connectivity index (χ3n) is 3.18. The number of nitrogens with zero attached hydrogens (tertiary/aromatic N) is 2. The number of likely N-dealkylation sites (tertiary alicyclic amines) is 1. The normalized spacial score (nSPS) is 19.4. The zero-order chi connectivity index (χ0) is 13.3. The standard InChI is InChI=1S/C12H16N2O3S/c1-7-8(2)18-10(13-7)6-17-12(16)9-4-5-11(15)14(9)3/h9H,4-6H2,1-3H3/t9-/m1/s1. The molecule has 1 aromatic rings. The Morgan fingerprint density at radius 3 is 2.78 bits per heavy atom. The molecule has 1 aliphatic heterocycles. The lowest BCUT2D eigenvalue weighted by atomic mass is 10.2. The second-order valence-corrected chi connectivity index (χ2v) is 5.70. The smallest absolute Gasteiger partial charge is 0.329 e. The first-order chi connectivity index (χ1) is 8.49. The Morgan fingerprint density at radius 2 is 2.28 bits per heavy atom. The SMILES string of the molecule is Cc1nc(COC(=O)[C@H]2CCC(=O)N2C)sc1C. The molecule has 1 amide bonds. The van der Waals surface area contributed by atoms with Crippen LogP contribution < -0.4 is 0 Å². The van der Waals surface area contributed by atoms with E-state index in [1.807, 2.05) is 13.8 Å². The van der Waals surface area contributed by atoms with Gasteiger partial charge in [-0.2, -0.15) is 0 Å². The lowest BCUT2D eigenvalue weighted by molar-refractivity contribution is -0.152. The summed E-state index contributed by atoms with van der Waals surface area (Å²) < 4.78 is 5.21. The van der Waals surface area contributed by atoms with Crippen LogP contribution in [0.15, 0.2) is 0 Å². The zero-order valence-electron chi connectivity index (χ0n) is 10.7. The van der Waals surface area contributed by atoms with Crippen molar-refractivity contribution >= 4 is 23.2 Å². The van der Waals surface area contributed by atoms with Crippen LogP contribution >= 0.6 is 11.3 Å². The summed E-state index contributed by atoms with van der Waals surface area (Å²) in [6, 6.07) is -0.431. The van der Waals surface area contributed by atoms with Crippen LogP contribution in [0.4, 0.5) is 0 Å². The molecule has 0 saturated carbocycles. The summed E-state index contributed by atoms with van der Waals surface area (Å²) in [6.07, 6.45) is 0.968. The lowest BCUT2D eigenvalue weighted by Gasteiger charge is -2.17. The number of esters is 1. The van der Waals surface area contributed by atoms with Crippen LogP contribution in [0.5, 0.6) is 0 Å². The van der Waals surface area contributed by atoms with Crippen molar-refractivity contribution in [1.29, 1.82) is 0 Å². The average Bonchev–Trinajstić information content (AvgIpc) is 2.82. The number of hydrogen-bond donors (Lipinski definition) is 0. The molecule has 18 heavy (non-hydrogen) atoms. The molecule has 1 atom stereocenters. The van der Waals surface area contributed by atoms with E-state index in [0.717, 1.165) is 15.6 Å². The first-order valence-electron chi connectivity index (χ1n) is 5.84. The zero-order valence-corrected chi connectivity index (χ0v) is 11.5. The minimum absolute atomic E-state index is 0.00196. The van der Waals surface area contributed by atoms with E-state index in [2.05, 4.69) is 4.98 Å². The fraction of sp³-hybridized carbons (Fsp3) is 0.583. The first-order valence-corrected chi connectivity index (χ1v) is 6.66. The number of carbonyl (C=O) groups is 2.